The summed E-state index contributed by atoms with van der Waals surface area (Å²) in [7, 11) is 0. The fourth-order valence-corrected chi connectivity index (χ4v) is 5.18. The normalized spacial score (nSPS) is 16.5. The van der Waals surface area contributed by atoms with E-state index in [4.69, 9.17) is 11.6 Å². The summed E-state index contributed by atoms with van der Waals surface area (Å²) in [6, 6.07) is 26.1. The molecule has 1 atom stereocenters. The monoisotopic (exact) mass is 433 g/mol. The number of rotatable bonds is 5. The number of benzene rings is 3. The molecule has 0 radical (unpaired) electrons. The first-order chi connectivity index (χ1) is 14.6. The fraction of sp³-hybridized carbons (Fsp3) is 0.259. The third kappa shape index (κ3) is 5.00. The SMILES string of the molecule is Cc1ccccc1C(=C1CCCC(NSc2ccc(Cl)cc2)C1)c1ccccc1C. The lowest BCUT2D eigenvalue weighted by molar-refractivity contribution is 0.495. The Morgan fingerprint density at radius 1 is 0.867 bits per heavy atom. The van der Waals surface area contributed by atoms with Crippen molar-refractivity contribution in [3.05, 3.63) is 106 Å². The molecule has 30 heavy (non-hydrogen) atoms. The molecule has 1 aliphatic carbocycles. The van der Waals surface area contributed by atoms with Crippen LogP contribution in [0.2, 0.25) is 5.02 Å². The molecule has 1 nitrogen and oxygen atoms in total. The minimum atomic E-state index is 0.470. The van der Waals surface area contributed by atoms with Crippen molar-refractivity contribution in [2.75, 3.05) is 0 Å². The van der Waals surface area contributed by atoms with Crippen LogP contribution < -0.4 is 4.72 Å². The molecular formula is C27H28ClNS. The molecule has 1 aliphatic rings. The average molecular weight is 434 g/mol. The largest absolute Gasteiger partial charge is 0.256 e. The molecule has 154 valence electrons. The van der Waals surface area contributed by atoms with Crippen LogP contribution in [-0.2, 0) is 0 Å². The molecule has 0 heterocycles. The zero-order chi connectivity index (χ0) is 20.9. The maximum Gasteiger partial charge on any atom is 0.0406 e. The Hall–Kier alpha value is -2.00. The summed E-state index contributed by atoms with van der Waals surface area (Å²) < 4.78 is 3.71. The van der Waals surface area contributed by atoms with Crippen LogP contribution in [0.5, 0.6) is 0 Å². The molecule has 3 aromatic carbocycles. The highest BCUT2D eigenvalue weighted by molar-refractivity contribution is 7.97. The first kappa shape index (κ1) is 21.2. The van der Waals surface area contributed by atoms with Gasteiger partial charge >= 0.3 is 0 Å². The second-order valence-corrected chi connectivity index (χ2v) is 9.42. The van der Waals surface area contributed by atoms with Gasteiger partial charge in [-0.05, 0) is 104 Å². The van der Waals surface area contributed by atoms with E-state index in [0.29, 0.717) is 6.04 Å². The molecular weight excluding hydrogens is 406 g/mol. The van der Waals surface area contributed by atoms with Gasteiger partial charge in [0.05, 0.1) is 0 Å². The van der Waals surface area contributed by atoms with Gasteiger partial charge in [0.1, 0.15) is 0 Å². The fourth-order valence-electron chi connectivity index (χ4n) is 4.28. The van der Waals surface area contributed by atoms with E-state index in [1.54, 1.807) is 17.5 Å². The summed E-state index contributed by atoms with van der Waals surface area (Å²) in [5.41, 5.74) is 8.43. The van der Waals surface area contributed by atoms with Gasteiger partial charge in [-0.3, -0.25) is 4.72 Å². The van der Waals surface area contributed by atoms with E-state index in [1.165, 1.54) is 52.0 Å². The Morgan fingerprint density at radius 3 is 2.07 bits per heavy atom. The van der Waals surface area contributed by atoms with E-state index in [-0.39, 0.29) is 0 Å². The summed E-state index contributed by atoms with van der Waals surface area (Å²) in [6.07, 6.45) is 4.68. The van der Waals surface area contributed by atoms with Crippen LogP contribution in [0.15, 0.2) is 83.3 Å². The third-order valence-corrected chi connectivity index (χ3v) is 7.07. The van der Waals surface area contributed by atoms with Crippen LogP contribution in [-0.4, -0.2) is 6.04 Å². The summed E-state index contributed by atoms with van der Waals surface area (Å²) in [5, 5.41) is 0.781. The van der Waals surface area contributed by atoms with E-state index in [9.17, 15) is 0 Å². The summed E-state index contributed by atoms with van der Waals surface area (Å²) in [5.74, 6) is 0. The van der Waals surface area contributed by atoms with Gasteiger partial charge < -0.3 is 0 Å². The maximum atomic E-state index is 6.02. The molecule has 0 spiro atoms. The summed E-state index contributed by atoms with van der Waals surface area (Å²) in [4.78, 5) is 1.20. The zero-order valence-electron chi connectivity index (χ0n) is 17.6. The Labute approximate surface area is 189 Å². The first-order valence-corrected chi connectivity index (χ1v) is 11.8. The van der Waals surface area contributed by atoms with Crippen LogP contribution in [0.3, 0.4) is 0 Å². The van der Waals surface area contributed by atoms with Crippen LogP contribution in [0.25, 0.3) is 5.57 Å². The van der Waals surface area contributed by atoms with E-state index in [1.807, 2.05) is 12.1 Å². The molecule has 3 aromatic rings. The van der Waals surface area contributed by atoms with Gasteiger partial charge in [-0.25, -0.2) is 0 Å². The Morgan fingerprint density at radius 2 is 1.47 bits per heavy atom. The average Bonchev–Trinajstić information content (AvgIpc) is 2.76. The molecule has 3 heteroatoms. The molecule has 0 bridgehead atoms. The molecule has 0 amide bonds. The Kier molecular flexibility index (Phi) is 6.99. The van der Waals surface area contributed by atoms with Gasteiger partial charge in [-0.15, -0.1) is 0 Å². The molecule has 1 saturated carbocycles. The van der Waals surface area contributed by atoms with Crippen molar-refractivity contribution in [3.8, 4) is 0 Å². The molecule has 0 saturated heterocycles. The van der Waals surface area contributed by atoms with Crippen LogP contribution in [0.4, 0.5) is 0 Å². The quantitative estimate of drug-likeness (QED) is 0.409. The second kappa shape index (κ2) is 9.87. The maximum absolute atomic E-state index is 6.02. The number of nitrogens with one attached hydrogen (secondary N) is 1. The van der Waals surface area contributed by atoms with Crippen molar-refractivity contribution in [2.24, 2.45) is 0 Å². The van der Waals surface area contributed by atoms with Crippen molar-refractivity contribution >= 4 is 29.1 Å². The van der Waals surface area contributed by atoms with Gasteiger partial charge in [0.25, 0.3) is 0 Å². The summed E-state index contributed by atoms with van der Waals surface area (Å²) in [6.45, 7) is 4.45. The van der Waals surface area contributed by atoms with Gasteiger partial charge in [0.15, 0.2) is 0 Å². The van der Waals surface area contributed by atoms with E-state index in [0.717, 1.165) is 11.4 Å². The highest BCUT2D eigenvalue weighted by atomic mass is 35.5. The van der Waals surface area contributed by atoms with Crippen molar-refractivity contribution in [1.82, 2.24) is 4.72 Å². The van der Waals surface area contributed by atoms with E-state index in [2.05, 4.69) is 79.2 Å². The van der Waals surface area contributed by atoms with E-state index >= 15 is 0 Å². The predicted molar refractivity (Wildman–Crippen MR) is 131 cm³/mol. The summed E-state index contributed by atoms with van der Waals surface area (Å²) >= 11 is 7.74. The van der Waals surface area contributed by atoms with Crippen molar-refractivity contribution in [3.63, 3.8) is 0 Å². The molecule has 4 rings (SSSR count). The minimum absolute atomic E-state index is 0.470. The third-order valence-electron chi connectivity index (χ3n) is 5.86. The molecule has 1 unspecified atom stereocenters. The zero-order valence-corrected chi connectivity index (χ0v) is 19.2. The van der Waals surface area contributed by atoms with Crippen molar-refractivity contribution < 1.29 is 0 Å². The Bertz CT molecular complexity index is 991. The lowest BCUT2D eigenvalue weighted by Gasteiger charge is -2.28. The smallest absolute Gasteiger partial charge is 0.0406 e. The van der Waals surface area contributed by atoms with Crippen LogP contribution in [0.1, 0.15) is 47.9 Å². The first-order valence-electron chi connectivity index (χ1n) is 10.6. The lowest BCUT2D eigenvalue weighted by Crippen LogP contribution is -2.27. The highest BCUT2D eigenvalue weighted by Crippen LogP contribution is 2.38. The Balaban J connectivity index is 1.64. The van der Waals surface area contributed by atoms with E-state index < -0.39 is 0 Å². The van der Waals surface area contributed by atoms with Gasteiger partial charge in [0, 0.05) is 16.0 Å². The van der Waals surface area contributed by atoms with Crippen molar-refractivity contribution in [2.45, 2.75) is 50.5 Å². The number of hydrogen-bond donors (Lipinski definition) is 1. The van der Waals surface area contributed by atoms with Gasteiger partial charge in [0.2, 0.25) is 0 Å². The van der Waals surface area contributed by atoms with Crippen molar-refractivity contribution in [1.29, 1.82) is 0 Å². The molecule has 1 N–H and O–H groups in total. The second-order valence-electron chi connectivity index (χ2n) is 8.08. The van der Waals surface area contributed by atoms with Crippen LogP contribution in [0, 0.1) is 13.8 Å². The predicted octanol–water partition coefficient (Wildman–Crippen LogP) is 8.00. The molecule has 0 aromatic heterocycles. The topological polar surface area (TPSA) is 12.0 Å². The van der Waals surface area contributed by atoms with Gasteiger partial charge in [-0.2, -0.15) is 0 Å². The lowest BCUT2D eigenvalue weighted by atomic mass is 9.81. The van der Waals surface area contributed by atoms with Crippen LogP contribution >= 0.6 is 23.5 Å². The minimum Gasteiger partial charge on any atom is -0.256 e. The number of hydrogen-bond acceptors (Lipinski definition) is 2. The molecule has 1 fully saturated rings. The standard InChI is InChI=1S/C27H28ClNS/c1-19-8-3-5-12-25(19)27(26-13-6-4-9-20(26)2)21-10-7-11-23(18-21)29-30-24-16-14-22(28)15-17-24/h3-6,8-9,12-17,23,29H,7,10-11,18H2,1-2H3. The number of aryl methyl sites for hydroxylation is 2. The van der Waals surface area contributed by atoms with Gasteiger partial charge in [-0.1, -0.05) is 65.7 Å². The highest BCUT2D eigenvalue weighted by Gasteiger charge is 2.22. The number of halogens is 1. The molecule has 0 aliphatic heterocycles.